The normalized spacial score (nSPS) is 21.8. The lowest BCUT2D eigenvalue weighted by atomic mass is 10.1. The number of likely N-dealkylation sites (N-methyl/N-ethyl adjacent to an activating group) is 1. The average molecular weight is 235 g/mol. The molecule has 0 saturated carbocycles. The van der Waals surface area contributed by atoms with Crippen LogP contribution >= 0.6 is 0 Å². The van der Waals surface area contributed by atoms with Crippen LogP contribution in [0, 0.1) is 0 Å². The lowest BCUT2D eigenvalue weighted by Crippen LogP contribution is -2.41. The maximum Gasteiger partial charge on any atom is 0.0776 e. The molecular weight excluding hydrogens is 214 g/mol. The van der Waals surface area contributed by atoms with E-state index in [1.807, 2.05) is 19.3 Å². The molecule has 1 N–H and O–H groups in total. The fourth-order valence-corrected chi connectivity index (χ4v) is 2.37. The highest BCUT2D eigenvalue weighted by Gasteiger charge is 2.22. The van der Waals surface area contributed by atoms with Gasteiger partial charge in [-0.2, -0.15) is 0 Å². The minimum absolute atomic E-state index is 0.187. The lowest BCUT2D eigenvalue weighted by molar-refractivity contribution is 0.214. The van der Waals surface area contributed by atoms with E-state index in [0.717, 1.165) is 37.4 Å². The van der Waals surface area contributed by atoms with Crippen LogP contribution in [0.4, 0.5) is 5.69 Å². The highest BCUT2D eigenvalue weighted by Crippen LogP contribution is 2.24. The molecule has 0 aliphatic carbocycles. The number of aromatic nitrogens is 1. The van der Waals surface area contributed by atoms with Crippen molar-refractivity contribution in [1.29, 1.82) is 0 Å². The molecular formula is C13H21N3O. The first-order valence-electron chi connectivity index (χ1n) is 6.26. The molecule has 0 unspecified atom stereocenters. The summed E-state index contributed by atoms with van der Waals surface area (Å²) in [6.07, 6.45) is 2.84. The van der Waals surface area contributed by atoms with Crippen LogP contribution in [0.2, 0.25) is 0 Å². The Kier molecular flexibility index (Phi) is 3.97. The van der Waals surface area contributed by atoms with Crippen LogP contribution in [0.3, 0.4) is 0 Å². The van der Waals surface area contributed by atoms with E-state index >= 15 is 0 Å². The van der Waals surface area contributed by atoms with Gasteiger partial charge in [-0.3, -0.25) is 9.88 Å². The van der Waals surface area contributed by atoms with Crippen molar-refractivity contribution < 1.29 is 5.11 Å². The molecule has 94 valence electrons. The Balaban J connectivity index is 2.33. The van der Waals surface area contributed by atoms with Crippen LogP contribution in [0.15, 0.2) is 18.3 Å². The maximum atomic E-state index is 9.48. The molecule has 0 amide bonds. The Bertz CT molecular complexity index is 369. The number of aliphatic hydroxyl groups is 1. The number of hydrogen-bond donors (Lipinski definition) is 1. The van der Waals surface area contributed by atoms with E-state index < -0.39 is 0 Å². The van der Waals surface area contributed by atoms with Crippen LogP contribution in [0.25, 0.3) is 0 Å². The molecule has 17 heavy (non-hydrogen) atoms. The van der Waals surface area contributed by atoms with Gasteiger partial charge in [0.15, 0.2) is 0 Å². The van der Waals surface area contributed by atoms with Crippen molar-refractivity contribution in [2.45, 2.75) is 25.9 Å². The fourth-order valence-electron chi connectivity index (χ4n) is 2.37. The molecule has 1 aliphatic heterocycles. The van der Waals surface area contributed by atoms with Gasteiger partial charge >= 0.3 is 0 Å². The van der Waals surface area contributed by atoms with Gasteiger partial charge in [0.05, 0.1) is 24.0 Å². The van der Waals surface area contributed by atoms with Crippen molar-refractivity contribution in [3.8, 4) is 0 Å². The van der Waals surface area contributed by atoms with Gasteiger partial charge in [0.2, 0.25) is 0 Å². The SMILES string of the molecule is CCN1CC[C@@H](CO)N(C)c2cccnc2C1. The first-order valence-corrected chi connectivity index (χ1v) is 6.26. The Hall–Kier alpha value is -1.13. The van der Waals surface area contributed by atoms with Crippen molar-refractivity contribution in [1.82, 2.24) is 9.88 Å². The summed E-state index contributed by atoms with van der Waals surface area (Å²) in [6, 6.07) is 4.23. The van der Waals surface area contributed by atoms with E-state index in [1.165, 1.54) is 0 Å². The van der Waals surface area contributed by atoms with Gasteiger partial charge in [0, 0.05) is 26.3 Å². The number of fused-ring (bicyclic) bond motifs is 1. The molecule has 0 fully saturated rings. The van der Waals surface area contributed by atoms with Gasteiger partial charge in [-0.05, 0) is 25.1 Å². The highest BCUT2D eigenvalue weighted by molar-refractivity contribution is 5.51. The molecule has 0 aromatic carbocycles. The topological polar surface area (TPSA) is 39.6 Å². The monoisotopic (exact) mass is 235 g/mol. The molecule has 0 saturated heterocycles. The second-order valence-corrected chi connectivity index (χ2v) is 4.57. The van der Waals surface area contributed by atoms with Gasteiger partial charge in [0.25, 0.3) is 0 Å². The zero-order chi connectivity index (χ0) is 12.3. The molecule has 1 atom stereocenters. The maximum absolute atomic E-state index is 9.48. The predicted octanol–water partition coefficient (Wildman–Crippen LogP) is 1.10. The number of pyridine rings is 1. The second-order valence-electron chi connectivity index (χ2n) is 4.57. The van der Waals surface area contributed by atoms with Crippen LogP contribution < -0.4 is 4.90 Å². The number of hydrogen-bond acceptors (Lipinski definition) is 4. The van der Waals surface area contributed by atoms with E-state index in [-0.39, 0.29) is 12.6 Å². The molecule has 2 rings (SSSR count). The Morgan fingerprint density at radius 3 is 3.06 bits per heavy atom. The third-order valence-electron chi connectivity index (χ3n) is 3.60. The molecule has 0 spiro atoms. The quantitative estimate of drug-likeness (QED) is 0.833. The molecule has 0 radical (unpaired) electrons. The summed E-state index contributed by atoms with van der Waals surface area (Å²) in [5.74, 6) is 0. The number of rotatable bonds is 2. The van der Waals surface area contributed by atoms with E-state index in [2.05, 4.69) is 27.8 Å². The van der Waals surface area contributed by atoms with Crippen molar-refractivity contribution in [3.05, 3.63) is 24.0 Å². The van der Waals surface area contributed by atoms with Crippen molar-refractivity contribution in [2.75, 3.05) is 31.6 Å². The van der Waals surface area contributed by atoms with Gasteiger partial charge < -0.3 is 10.0 Å². The summed E-state index contributed by atoms with van der Waals surface area (Å²) in [5.41, 5.74) is 2.25. The van der Waals surface area contributed by atoms with Crippen LogP contribution in [0.1, 0.15) is 19.0 Å². The minimum atomic E-state index is 0.187. The molecule has 1 aromatic rings. The molecule has 4 nitrogen and oxygen atoms in total. The first-order chi connectivity index (χ1) is 8.26. The third-order valence-corrected chi connectivity index (χ3v) is 3.60. The largest absolute Gasteiger partial charge is 0.394 e. The molecule has 4 heteroatoms. The molecule has 1 aliphatic rings. The fraction of sp³-hybridized carbons (Fsp3) is 0.615. The number of aliphatic hydroxyl groups excluding tert-OH is 1. The minimum Gasteiger partial charge on any atom is -0.394 e. The Morgan fingerprint density at radius 2 is 2.35 bits per heavy atom. The third kappa shape index (κ3) is 2.58. The van der Waals surface area contributed by atoms with Crippen LogP contribution in [-0.4, -0.2) is 47.8 Å². The predicted molar refractivity (Wildman–Crippen MR) is 69.1 cm³/mol. The first kappa shape index (κ1) is 12.3. The van der Waals surface area contributed by atoms with Gasteiger partial charge in [0.1, 0.15) is 0 Å². The molecule has 2 heterocycles. The van der Waals surface area contributed by atoms with E-state index in [4.69, 9.17) is 0 Å². The average Bonchev–Trinajstić information content (AvgIpc) is 2.36. The van der Waals surface area contributed by atoms with Crippen molar-refractivity contribution in [3.63, 3.8) is 0 Å². The smallest absolute Gasteiger partial charge is 0.0776 e. The standard InChI is InChI=1S/C13H21N3O/c1-3-16-8-6-11(10-17)15(2)13-5-4-7-14-12(13)9-16/h4-5,7,11,17H,3,6,8-10H2,1-2H3/t11-/m0/s1. The van der Waals surface area contributed by atoms with Gasteiger partial charge in [-0.1, -0.05) is 6.92 Å². The van der Waals surface area contributed by atoms with Crippen molar-refractivity contribution in [2.24, 2.45) is 0 Å². The molecule has 1 aromatic heterocycles. The Morgan fingerprint density at radius 1 is 1.53 bits per heavy atom. The summed E-state index contributed by atoms with van der Waals surface area (Å²) in [5, 5.41) is 9.48. The van der Waals surface area contributed by atoms with E-state index in [9.17, 15) is 5.11 Å². The number of nitrogens with zero attached hydrogens (tertiary/aromatic N) is 3. The highest BCUT2D eigenvalue weighted by atomic mass is 16.3. The number of anilines is 1. The van der Waals surface area contributed by atoms with Crippen LogP contribution in [0.5, 0.6) is 0 Å². The van der Waals surface area contributed by atoms with Gasteiger partial charge in [-0.15, -0.1) is 0 Å². The van der Waals surface area contributed by atoms with E-state index in [0.29, 0.717) is 0 Å². The van der Waals surface area contributed by atoms with E-state index in [1.54, 1.807) is 0 Å². The second kappa shape index (κ2) is 5.47. The van der Waals surface area contributed by atoms with Crippen molar-refractivity contribution >= 4 is 5.69 Å². The lowest BCUT2D eigenvalue weighted by Gasteiger charge is -2.35. The van der Waals surface area contributed by atoms with Crippen LogP contribution in [-0.2, 0) is 6.54 Å². The summed E-state index contributed by atoms with van der Waals surface area (Å²) < 4.78 is 0. The zero-order valence-corrected chi connectivity index (χ0v) is 10.6. The summed E-state index contributed by atoms with van der Waals surface area (Å²) >= 11 is 0. The Labute approximate surface area is 103 Å². The van der Waals surface area contributed by atoms with Gasteiger partial charge in [-0.25, -0.2) is 0 Å². The summed E-state index contributed by atoms with van der Waals surface area (Å²) in [7, 11) is 2.04. The summed E-state index contributed by atoms with van der Waals surface area (Å²) in [4.78, 5) is 9.01. The zero-order valence-electron chi connectivity index (χ0n) is 10.6. The summed E-state index contributed by atoms with van der Waals surface area (Å²) in [6.45, 7) is 5.30. The molecule has 0 bridgehead atoms.